The standard InChI is InChI=1S/C32H31Cl2N5O4/c33-27-11-9-25(19-28(27)34)39-32(41)30(29(20-36-39)43-26-10-6-21-2-1-3-23(21)18-26)37-24-7-4-22(5-8-24)31(40)35-12-13-38-14-16-42-17-15-38/h4-11,18-20,37H,1-3,12-17H2,(H,35,40). The highest BCUT2D eigenvalue weighted by Gasteiger charge is 2.18. The van der Waals surface area contributed by atoms with Gasteiger partial charge in [0, 0.05) is 37.4 Å². The number of benzene rings is 3. The smallest absolute Gasteiger partial charge is 0.299 e. The Balaban J connectivity index is 1.23. The summed E-state index contributed by atoms with van der Waals surface area (Å²) in [4.78, 5) is 28.8. The van der Waals surface area contributed by atoms with Gasteiger partial charge in [-0.05, 0) is 85.0 Å². The summed E-state index contributed by atoms with van der Waals surface area (Å²) in [7, 11) is 0. The number of amides is 1. The number of morpholine rings is 1. The number of aromatic nitrogens is 2. The summed E-state index contributed by atoms with van der Waals surface area (Å²) in [6.45, 7) is 4.51. The van der Waals surface area contributed by atoms with E-state index in [1.165, 1.54) is 22.0 Å². The largest absolute Gasteiger partial charge is 0.453 e. The molecule has 6 rings (SSSR count). The Morgan fingerprint density at radius 1 is 0.953 bits per heavy atom. The average Bonchev–Trinajstić information content (AvgIpc) is 3.49. The lowest BCUT2D eigenvalue weighted by Crippen LogP contribution is -2.41. The molecule has 4 aromatic rings. The highest BCUT2D eigenvalue weighted by molar-refractivity contribution is 6.42. The number of fused-ring (bicyclic) bond motifs is 1. The van der Waals surface area contributed by atoms with Crippen molar-refractivity contribution in [2.45, 2.75) is 19.3 Å². The first-order chi connectivity index (χ1) is 20.9. The zero-order valence-electron chi connectivity index (χ0n) is 23.4. The van der Waals surface area contributed by atoms with Gasteiger partial charge in [0.1, 0.15) is 5.75 Å². The van der Waals surface area contributed by atoms with Gasteiger partial charge in [-0.2, -0.15) is 9.78 Å². The number of carbonyl (C=O) groups excluding carboxylic acids is 1. The average molecular weight is 621 g/mol. The van der Waals surface area contributed by atoms with Crippen LogP contribution in [-0.4, -0.2) is 60.0 Å². The van der Waals surface area contributed by atoms with E-state index in [4.69, 9.17) is 32.7 Å². The minimum Gasteiger partial charge on any atom is -0.453 e. The maximum atomic E-state index is 13.8. The van der Waals surface area contributed by atoms with Crippen molar-refractivity contribution < 1.29 is 14.3 Å². The molecule has 0 spiro atoms. The number of nitrogens with one attached hydrogen (secondary N) is 2. The number of anilines is 2. The number of ether oxygens (including phenoxy) is 2. The van der Waals surface area contributed by atoms with Crippen molar-refractivity contribution in [3.05, 3.63) is 104 Å². The van der Waals surface area contributed by atoms with E-state index in [1.807, 2.05) is 12.1 Å². The summed E-state index contributed by atoms with van der Waals surface area (Å²) in [6.07, 6.45) is 4.68. The second kappa shape index (κ2) is 13.2. The Morgan fingerprint density at radius 3 is 2.53 bits per heavy atom. The van der Waals surface area contributed by atoms with E-state index in [9.17, 15) is 9.59 Å². The van der Waals surface area contributed by atoms with Gasteiger partial charge >= 0.3 is 0 Å². The number of halogens is 2. The van der Waals surface area contributed by atoms with Gasteiger partial charge in [0.05, 0.1) is 35.1 Å². The van der Waals surface area contributed by atoms with Crippen molar-refractivity contribution in [2.24, 2.45) is 0 Å². The Kier molecular flexibility index (Phi) is 8.95. The fraction of sp³-hybridized carbons (Fsp3) is 0.281. The maximum absolute atomic E-state index is 13.8. The number of aryl methyl sites for hydroxylation is 2. The summed E-state index contributed by atoms with van der Waals surface area (Å²) in [5.74, 6) is 0.733. The van der Waals surface area contributed by atoms with Crippen molar-refractivity contribution in [1.82, 2.24) is 20.0 Å². The van der Waals surface area contributed by atoms with Crippen LogP contribution in [-0.2, 0) is 17.6 Å². The van der Waals surface area contributed by atoms with E-state index in [2.05, 4.69) is 26.7 Å². The summed E-state index contributed by atoms with van der Waals surface area (Å²) in [6, 6.07) is 17.8. The minimum atomic E-state index is -0.443. The molecule has 222 valence electrons. The molecule has 0 unspecified atom stereocenters. The zero-order chi connectivity index (χ0) is 29.8. The van der Waals surface area contributed by atoms with Crippen LogP contribution in [0.4, 0.5) is 11.4 Å². The monoisotopic (exact) mass is 619 g/mol. The third-order valence-corrected chi connectivity index (χ3v) is 8.36. The number of carbonyl (C=O) groups is 1. The van der Waals surface area contributed by atoms with Crippen LogP contribution < -0.4 is 20.9 Å². The molecular weight excluding hydrogens is 589 g/mol. The van der Waals surface area contributed by atoms with Crippen LogP contribution in [0.25, 0.3) is 5.69 Å². The predicted octanol–water partition coefficient (Wildman–Crippen LogP) is 5.63. The van der Waals surface area contributed by atoms with Gasteiger partial charge in [-0.25, -0.2) is 0 Å². The third kappa shape index (κ3) is 6.86. The second-order valence-corrected chi connectivity index (χ2v) is 11.3. The molecule has 0 saturated carbocycles. The lowest BCUT2D eigenvalue weighted by atomic mass is 10.1. The predicted molar refractivity (Wildman–Crippen MR) is 168 cm³/mol. The van der Waals surface area contributed by atoms with E-state index >= 15 is 0 Å². The van der Waals surface area contributed by atoms with Crippen molar-refractivity contribution >= 4 is 40.5 Å². The lowest BCUT2D eigenvalue weighted by Gasteiger charge is -2.26. The van der Waals surface area contributed by atoms with Gasteiger partial charge in [0.25, 0.3) is 11.5 Å². The van der Waals surface area contributed by atoms with Crippen molar-refractivity contribution in [2.75, 3.05) is 44.7 Å². The molecule has 0 radical (unpaired) electrons. The SMILES string of the molecule is O=C(NCCN1CCOCC1)c1ccc(Nc2c(Oc3ccc4c(c3)CCC4)cnn(-c3ccc(Cl)c(Cl)c3)c2=O)cc1. The second-order valence-electron chi connectivity index (χ2n) is 10.5. The third-order valence-electron chi connectivity index (χ3n) is 7.62. The summed E-state index contributed by atoms with van der Waals surface area (Å²) in [5, 5.41) is 11.2. The minimum absolute atomic E-state index is 0.161. The molecular formula is C32H31Cl2N5O4. The first-order valence-electron chi connectivity index (χ1n) is 14.3. The Labute approximate surface area is 259 Å². The highest BCUT2D eigenvalue weighted by Crippen LogP contribution is 2.33. The molecule has 3 aromatic carbocycles. The van der Waals surface area contributed by atoms with E-state index in [0.717, 1.165) is 52.1 Å². The molecule has 2 aliphatic rings. The normalized spacial score (nSPS) is 14.7. The molecule has 0 bridgehead atoms. The van der Waals surface area contributed by atoms with Crippen LogP contribution in [0.3, 0.4) is 0 Å². The van der Waals surface area contributed by atoms with Crippen molar-refractivity contribution in [3.8, 4) is 17.2 Å². The van der Waals surface area contributed by atoms with Gasteiger partial charge in [-0.3, -0.25) is 14.5 Å². The maximum Gasteiger partial charge on any atom is 0.299 e. The quantitative estimate of drug-likeness (QED) is 0.251. The van der Waals surface area contributed by atoms with E-state index in [0.29, 0.717) is 39.3 Å². The fourth-order valence-corrected chi connectivity index (χ4v) is 5.57. The number of rotatable bonds is 9. The molecule has 1 saturated heterocycles. The molecule has 1 aliphatic carbocycles. The fourth-order valence-electron chi connectivity index (χ4n) is 5.27. The van der Waals surface area contributed by atoms with Gasteiger partial charge in [0.15, 0.2) is 11.4 Å². The molecule has 2 N–H and O–H groups in total. The molecule has 1 aliphatic heterocycles. The molecule has 1 fully saturated rings. The van der Waals surface area contributed by atoms with E-state index in [-0.39, 0.29) is 17.3 Å². The molecule has 1 amide bonds. The zero-order valence-corrected chi connectivity index (χ0v) is 25.0. The van der Waals surface area contributed by atoms with Crippen molar-refractivity contribution in [3.63, 3.8) is 0 Å². The first-order valence-corrected chi connectivity index (χ1v) is 15.0. The topological polar surface area (TPSA) is 97.7 Å². The molecule has 43 heavy (non-hydrogen) atoms. The van der Waals surface area contributed by atoms with E-state index in [1.54, 1.807) is 42.5 Å². The molecule has 11 heteroatoms. The van der Waals surface area contributed by atoms with Crippen LogP contribution in [0, 0.1) is 0 Å². The van der Waals surface area contributed by atoms with Crippen molar-refractivity contribution in [1.29, 1.82) is 0 Å². The van der Waals surface area contributed by atoms with Gasteiger partial charge < -0.3 is 20.1 Å². The Hall–Kier alpha value is -3.89. The summed E-state index contributed by atoms with van der Waals surface area (Å²) >= 11 is 12.3. The number of hydrogen-bond donors (Lipinski definition) is 2. The molecule has 1 aromatic heterocycles. The van der Waals surface area contributed by atoms with Crippen LogP contribution in [0.2, 0.25) is 10.0 Å². The lowest BCUT2D eigenvalue weighted by molar-refractivity contribution is 0.0383. The van der Waals surface area contributed by atoms with Crippen LogP contribution >= 0.6 is 23.2 Å². The van der Waals surface area contributed by atoms with Gasteiger partial charge in [-0.1, -0.05) is 29.3 Å². The Bertz CT molecular complexity index is 1690. The van der Waals surface area contributed by atoms with Gasteiger partial charge in [0.2, 0.25) is 0 Å². The number of hydrogen-bond acceptors (Lipinski definition) is 7. The van der Waals surface area contributed by atoms with Crippen LogP contribution in [0.15, 0.2) is 71.7 Å². The highest BCUT2D eigenvalue weighted by atomic mass is 35.5. The Morgan fingerprint density at radius 2 is 1.74 bits per heavy atom. The number of nitrogens with zero attached hydrogens (tertiary/aromatic N) is 3. The van der Waals surface area contributed by atoms with Gasteiger partial charge in [-0.15, -0.1) is 0 Å². The molecule has 2 heterocycles. The summed E-state index contributed by atoms with van der Waals surface area (Å²) < 4.78 is 12.8. The molecule has 0 atom stereocenters. The first kappa shape index (κ1) is 29.2. The summed E-state index contributed by atoms with van der Waals surface area (Å²) in [5.41, 5.74) is 3.90. The molecule has 9 nitrogen and oxygen atoms in total. The van der Waals surface area contributed by atoms with Crippen LogP contribution in [0.5, 0.6) is 11.5 Å². The van der Waals surface area contributed by atoms with Crippen LogP contribution in [0.1, 0.15) is 27.9 Å². The van der Waals surface area contributed by atoms with E-state index < -0.39 is 5.56 Å².